The van der Waals surface area contributed by atoms with E-state index in [-0.39, 0.29) is 5.75 Å². The van der Waals surface area contributed by atoms with Gasteiger partial charge in [0.05, 0.1) is 18.2 Å². The summed E-state index contributed by atoms with van der Waals surface area (Å²) in [4.78, 5) is 0. The summed E-state index contributed by atoms with van der Waals surface area (Å²) in [6, 6.07) is 3.02. The number of terminal acetylenes is 1. The molecule has 0 spiro atoms. The van der Waals surface area contributed by atoms with Gasteiger partial charge in [-0.05, 0) is 18.2 Å². The number of halogens is 3. The highest BCUT2D eigenvalue weighted by molar-refractivity contribution is 5.47. The standard InChI is InChI=1S/C10H7F3O/c1-3-7-4-5-8(10(11,12)13)6-9(7)14-2/h1,4-6H,2H3. The fourth-order valence-corrected chi connectivity index (χ4v) is 0.987. The molecule has 0 heterocycles. The Kier molecular flexibility index (Phi) is 2.70. The van der Waals surface area contributed by atoms with E-state index in [2.05, 4.69) is 5.92 Å². The summed E-state index contributed by atoms with van der Waals surface area (Å²) in [5.74, 6) is 2.29. The maximum Gasteiger partial charge on any atom is 0.416 e. The first-order valence-electron chi connectivity index (χ1n) is 3.71. The Morgan fingerprint density at radius 2 is 2.00 bits per heavy atom. The van der Waals surface area contributed by atoms with Gasteiger partial charge in [0, 0.05) is 0 Å². The van der Waals surface area contributed by atoms with Crippen molar-refractivity contribution in [1.29, 1.82) is 0 Å². The highest BCUT2D eigenvalue weighted by atomic mass is 19.4. The summed E-state index contributed by atoms with van der Waals surface area (Å²) in [5, 5.41) is 0. The van der Waals surface area contributed by atoms with E-state index in [1.807, 2.05) is 0 Å². The minimum atomic E-state index is -4.37. The summed E-state index contributed by atoms with van der Waals surface area (Å²) >= 11 is 0. The van der Waals surface area contributed by atoms with Crippen LogP contribution in [0.15, 0.2) is 18.2 Å². The quantitative estimate of drug-likeness (QED) is 0.633. The zero-order valence-corrected chi connectivity index (χ0v) is 7.35. The number of hydrogen-bond donors (Lipinski definition) is 0. The molecule has 0 aliphatic heterocycles. The molecule has 0 aromatic heterocycles. The molecule has 1 nitrogen and oxygen atoms in total. The molecule has 0 fully saturated rings. The van der Waals surface area contributed by atoms with Crippen LogP contribution in [0.25, 0.3) is 0 Å². The monoisotopic (exact) mass is 200 g/mol. The minimum Gasteiger partial charge on any atom is -0.495 e. The fourth-order valence-electron chi connectivity index (χ4n) is 0.987. The van der Waals surface area contributed by atoms with Gasteiger partial charge in [0.1, 0.15) is 5.75 Å². The van der Waals surface area contributed by atoms with Crippen molar-refractivity contribution in [3.63, 3.8) is 0 Å². The maximum atomic E-state index is 12.2. The zero-order chi connectivity index (χ0) is 10.8. The van der Waals surface area contributed by atoms with Gasteiger partial charge in [-0.25, -0.2) is 0 Å². The van der Waals surface area contributed by atoms with E-state index < -0.39 is 11.7 Å². The van der Waals surface area contributed by atoms with Crippen molar-refractivity contribution in [1.82, 2.24) is 0 Å². The third kappa shape index (κ3) is 1.99. The molecule has 0 aliphatic rings. The van der Waals surface area contributed by atoms with E-state index in [9.17, 15) is 13.2 Å². The number of benzene rings is 1. The smallest absolute Gasteiger partial charge is 0.416 e. The molecule has 0 atom stereocenters. The lowest BCUT2D eigenvalue weighted by Gasteiger charge is -2.09. The van der Waals surface area contributed by atoms with Crippen molar-refractivity contribution >= 4 is 0 Å². The lowest BCUT2D eigenvalue weighted by atomic mass is 10.1. The average molecular weight is 200 g/mol. The molecular weight excluding hydrogens is 193 g/mol. The highest BCUT2D eigenvalue weighted by Crippen LogP contribution is 2.32. The van der Waals surface area contributed by atoms with Crippen LogP contribution in [0.2, 0.25) is 0 Å². The molecule has 0 bridgehead atoms. The second-order valence-electron chi connectivity index (χ2n) is 2.56. The first-order chi connectivity index (χ1) is 6.49. The Bertz CT molecular complexity index is 374. The lowest BCUT2D eigenvalue weighted by molar-refractivity contribution is -0.137. The minimum absolute atomic E-state index is 0.0577. The summed E-state index contributed by atoms with van der Waals surface area (Å²) in [6.07, 6.45) is 0.699. The molecule has 4 heteroatoms. The Balaban J connectivity index is 3.23. The zero-order valence-electron chi connectivity index (χ0n) is 7.35. The van der Waals surface area contributed by atoms with Crippen LogP contribution in [0.5, 0.6) is 5.75 Å². The first kappa shape index (κ1) is 10.5. The van der Waals surface area contributed by atoms with Crippen LogP contribution in [-0.2, 0) is 6.18 Å². The van der Waals surface area contributed by atoms with Gasteiger partial charge in [-0.2, -0.15) is 13.2 Å². The highest BCUT2D eigenvalue weighted by Gasteiger charge is 2.31. The summed E-state index contributed by atoms with van der Waals surface area (Å²) in [7, 11) is 1.27. The van der Waals surface area contributed by atoms with Gasteiger partial charge in [-0.3, -0.25) is 0 Å². The van der Waals surface area contributed by atoms with Crippen LogP contribution in [0.4, 0.5) is 13.2 Å². The molecular formula is C10H7F3O. The van der Waals surface area contributed by atoms with E-state index in [0.717, 1.165) is 12.1 Å². The molecule has 1 aromatic carbocycles. The normalized spacial score (nSPS) is 10.8. The van der Waals surface area contributed by atoms with Crippen LogP contribution >= 0.6 is 0 Å². The van der Waals surface area contributed by atoms with Gasteiger partial charge in [-0.1, -0.05) is 5.92 Å². The van der Waals surface area contributed by atoms with Crippen molar-refractivity contribution in [2.45, 2.75) is 6.18 Å². The second kappa shape index (κ2) is 3.62. The second-order valence-corrected chi connectivity index (χ2v) is 2.56. The van der Waals surface area contributed by atoms with Gasteiger partial charge >= 0.3 is 6.18 Å². The van der Waals surface area contributed by atoms with Crippen molar-refractivity contribution in [3.8, 4) is 18.1 Å². The number of methoxy groups -OCH3 is 1. The van der Waals surface area contributed by atoms with Crippen LogP contribution in [0.3, 0.4) is 0 Å². The van der Waals surface area contributed by atoms with Crippen LogP contribution in [-0.4, -0.2) is 7.11 Å². The SMILES string of the molecule is C#Cc1ccc(C(F)(F)F)cc1OC. The molecule has 0 N–H and O–H groups in total. The van der Waals surface area contributed by atoms with Gasteiger partial charge in [-0.15, -0.1) is 6.42 Å². The summed E-state index contributed by atoms with van der Waals surface area (Å²) in [5.41, 5.74) is -0.464. The number of rotatable bonds is 1. The predicted molar refractivity (Wildman–Crippen MR) is 45.9 cm³/mol. The van der Waals surface area contributed by atoms with Gasteiger partial charge in [0.2, 0.25) is 0 Å². The van der Waals surface area contributed by atoms with Gasteiger partial charge in [0.25, 0.3) is 0 Å². The van der Waals surface area contributed by atoms with E-state index in [1.54, 1.807) is 0 Å². The summed E-state index contributed by atoms with van der Waals surface area (Å²) in [6.45, 7) is 0. The van der Waals surface area contributed by atoms with Crippen LogP contribution in [0.1, 0.15) is 11.1 Å². The third-order valence-corrected chi connectivity index (χ3v) is 1.68. The Morgan fingerprint density at radius 1 is 1.36 bits per heavy atom. The van der Waals surface area contributed by atoms with E-state index >= 15 is 0 Å². The van der Waals surface area contributed by atoms with Gasteiger partial charge in [0.15, 0.2) is 0 Å². The van der Waals surface area contributed by atoms with Crippen molar-refractivity contribution < 1.29 is 17.9 Å². The van der Waals surface area contributed by atoms with E-state index in [0.29, 0.717) is 5.56 Å². The molecule has 0 saturated heterocycles. The molecule has 14 heavy (non-hydrogen) atoms. The van der Waals surface area contributed by atoms with Crippen LogP contribution in [0, 0.1) is 12.3 Å². The topological polar surface area (TPSA) is 9.23 Å². The van der Waals surface area contributed by atoms with Crippen LogP contribution < -0.4 is 4.74 Å². The molecule has 1 rings (SSSR count). The van der Waals surface area contributed by atoms with E-state index in [1.165, 1.54) is 13.2 Å². The van der Waals surface area contributed by atoms with Crippen molar-refractivity contribution in [2.24, 2.45) is 0 Å². The number of hydrogen-bond acceptors (Lipinski definition) is 1. The predicted octanol–water partition coefficient (Wildman–Crippen LogP) is 2.70. The largest absolute Gasteiger partial charge is 0.495 e. The molecule has 0 unspecified atom stereocenters. The molecule has 1 aromatic rings. The molecule has 74 valence electrons. The van der Waals surface area contributed by atoms with Crippen molar-refractivity contribution in [3.05, 3.63) is 29.3 Å². The number of alkyl halides is 3. The number of ether oxygens (including phenoxy) is 1. The molecule has 0 aliphatic carbocycles. The Labute approximate surface area is 79.5 Å². The molecule has 0 radical (unpaired) electrons. The lowest BCUT2D eigenvalue weighted by Crippen LogP contribution is -2.05. The average Bonchev–Trinajstić information content (AvgIpc) is 2.15. The Morgan fingerprint density at radius 3 is 2.43 bits per heavy atom. The first-order valence-corrected chi connectivity index (χ1v) is 3.71. The van der Waals surface area contributed by atoms with E-state index in [4.69, 9.17) is 11.2 Å². The summed E-state index contributed by atoms with van der Waals surface area (Å²) < 4.78 is 41.4. The fraction of sp³-hybridized carbons (Fsp3) is 0.200. The van der Waals surface area contributed by atoms with Crippen molar-refractivity contribution in [2.75, 3.05) is 7.11 Å². The van der Waals surface area contributed by atoms with Gasteiger partial charge < -0.3 is 4.74 Å². The Hall–Kier alpha value is -1.63. The molecule has 0 saturated carbocycles. The third-order valence-electron chi connectivity index (χ3n) is 1.68. The maximum absolute atomic E-state index is 12.2. The molecule has 0 amide bonds.